The highest BCUT2D eigenvalue weighted by molar-refractivity contribution is 6.19. The summed E-state index contributed by atoms with van der Waals surface area (Å²) in [5, 5.41) is 5.12. The Morgan fingerprint density at radius 2 is 1.80 bits per heavy atom. The van der Waals surface area contributed by atoms with E-state index in [9.17, 15) is 13.6 Å². The molecular formula is C15H10F2N2O. The summed E-state index contributed by atoms with van der Waals surface area (Å²) in [6.45, 7) is 0. The smallest absolute Gasteiger partial charge is 0.253 e. The van der Waals surface area contributed by atoms with Crippen LogP contribution in [0.4, 0.5) is 14.5 Å². The summed E-state index contributed by atoms with van der Waals surface area (Å²) in [4.78, 5) is 11.9. The second kappa shape index (κ2) is 4.85. The van der Waals surface area contributed by atoms with Crippen molar-refractivity contribution in [1.82, 2.24) is 0 Å². The van der Waals surface area contributed by atoms with Gasteiger partial charge in [-0.3, -0.25) is 4.79 Å². The summed E-state index contributed by atoms with van der Waals surface area (Å²) in [6, 6.07) is 12.2. The lowest BCUT2D eigenvalue weighted by molar-refractivity contribution is -0.116. The summed E-state index contributed by atoms with van der Waals surface area (Å²) in [7, 11) is 0. The topological polar surface area (TPSA) is 32.7 Å². The molecule has 1 amide bonds. The molecule has 2 aromatic rings. The van der Waals surface area contributed by atoms with E-state index in [-0.39, 0.29) is 18.0 Å². The lowest BCUT2D eigenvalue weighted by Crippen LogP contribution is -2.20. The van der Waals surface area contributed by atoms with Crippen LogP contribution < -0.4 is 5.01 Å². The number of hydrazone groups is 1. The molecule has 0 bridgehead atoms. The molecule has 1 aliphatic heterocycles. The minimum absolute atomic E-state index is 0.0395. The summed E-state index contributed by atoms with van der Waals surface area (Å²) in [6.07, 6.45) is 0.0980. The van der Waals surface area contributed by atoms with Crippen LogP contribution in [0.5, 0.6) is 0 Å². The molecule has 0 spiro atoms. The molecule has 20 heavy (non-hydrogen) atoms. The highest BCUT2D eigenvalue weighted by Crippen LogP contribution is 2.26. The first-order valence-corrected chi connectivity index (χ1v) is 6.06. The largest absolute Gasteiger partial charge is 0.272 e. The Kier molecular flexibility index (Phi) is 3.02. The predicted octanol–water partition coefficient (Wildman–Crippen LogP) is 3.11. The zero-order valence-corrected chi connectivity index (χ0v) is 10.4. The van der Waals surface area contributed by atoms with Crippen molar-refractivity contribution in [3.63, 3.8) is 0 Å². The van der Waals surface area contributed by atoms with Gasteiger partial charge in [-0.05, 0) is 17.7 Å². The molecule has 0 atom stereocenters. The van der Waals surface area contributed by atoms with Crippen LogP contribution in [0.15, 0.2) is 53.6 Å². The van der Waals surface area contributed by atoms with E-state index < -0.39 is 11.6 Å². The van der Waals surface area contributed by atoms with E-state index in [1.54, 1.807) is 0 Å². The van der Waals surface area contributed by atoms with Crippen LogP contribution in [0.2, 0.25) is 0 Å². The third-order valence-corrected chi connectivity index (χ3v) is 3.02. The monoisotopic (exact) mass is 272 g/mol. The van der Waals surface area contributed by atoms with E-state index in [0.717, 1.165) is 22.7 Å². The van der Waals surface area contributed by atoms with Gasteiger partial charge in [0.1, 0.15) is 11.5 Å². The Morgan fingerprint density at radius 3 is 2.50 bits per heavy atom. The number of carbonyl (C=O) groups is 1. The molecule has 0 aromatic heterocycles. The zero-order chi connectivity index (χ0) is 14.1. The highest BCUT2D eigenvalue weighted by atomic mass is 19.1. The van der Waals surface area contributed by atoms with Gasteiger partial charge in [-0.1, -0.05) is 30.3 Å². The lowest BCUT2D eigenvalue weighted by Gasteiger charge is -2.12. The SMILES string of the molecule is O=C1CC(c2ccccc2)=NN1c1ccc(F)cc1F. The first kappa shape index (κ1) is 12.5. The first-order valence-electron chi connectivity index (χ1n) is 6.06. The second-order valence-corrected chi connectivity index (χ2v) is 4.39. The fraction of sp³-hybridized carbons (Fsp3) is 0.0667. The van der Waals surface area contributed by atoms with Crippen molar-refractivity contribution in [2.45, 2.75) is 6.42 Å². The molecule has 0 fully saturated rings. The van der Waals surface area contributed by atoms with Crippen molar-refractivity contribution < 1.29 is 13.6 Å². The molecule has 3 nitrogen and oxygen atoms in total. The average molecular weight is 272 g/mol. The van der Waals surface area contributed by atoms with Gasteiger partial charge in [0.15, 0.2) is 5.82 Å². The lowest BCUT2D eigenvalue weighted by atomic mass is 10.1. The quantitative estimate of drug-likeness (QED) is 0.826. The summed E-state index contributed by atoms with van der Waals surface area (Å²) in [5.41, 5.74) is 1.34. The van der Waals surface area contributed by atoms with Gasteiger partial charge < -0.3 is 0 Å². The van der Waals surface area contributed by atoms with Gasteiger partial charge in [-0.15, -0.1) is 0 Å². The molecule has 1 aliphatic rings. The number of nitrogens with zero attached hydrogens (tertiary/aromatic N) is 2. The van der Waals surface area contributed by atoms with Crippen LogP contribution in [0, 0.1) is 11.6 Å². The van der Waals surface area contributed by atoms with E-state index in [1.807, 2.05) is 30.3 Å². The standard InChI is InChI=1S/C15H10F2N2O/c16-11-6-7-14(12(17)8-11)19-15(20)9-13(18-19)10-4-2-1-3-5-10/h1-8H,9H2. The molecule has 0 unspecified atom stereocenters. The molecule has 0 N–H and O–H groups in total. The van der Waals surface area contributed by atoms with Gasteiger partial charge in [0, 0.05) is 6.07 Å². The molecular weight excluding hydrogens is 262 g/mol. The first-order chi connectivity index (χ1) is 9.65. The van der Waals surface area contributed by atoms with E-state index in [4.69, 9.17) is 0 Å². The maximum absolute atomic E-state index is 13.7. The van der Waals surface area contributed by atoms with Crippen molar-refractivity contribution in [2.75, 3.05) is 5.01 Å². The van der Waals surface area contributed by atoms with Crippen LogP contribution >= 0.6 is 0 Å². The maximum atomic E-state index is 13.7. The molecule has 2 aromatic carbocycles. The Morgan fingerprint density at radius 1 is 1.05 bits per heavy atom. The van der Waals surface area contributed by atoms with Gasteiger partial charge in [-0.2, -0.15) is 10.1 Å². The summed E-state index contributed by atoms with van der Waals surface area (Å²) in [5.74, 6) is -1.84. The van der Waals surface area contributed by atoms with Crippen molar-refractivity contribution in [2.24, 2.45) is 5.10 Å². The van der Waals surface area contributed by atoms with Crippen LogP contribution in [-0.4, -0.2) is 11.6 Å². The zero-order valence-electron chi connectivity index (χ0n) is 10.4. The number of halogens is 2. The summed E-state index contributed by atoms with van der Waals surface area (Å²) < 4.78 is 26.6. The van der Waals surface area contributed by atoms with Crippen molar-refractivity contribution >= 4 is 17.3 Å². The molecule has 0 saturated carbocycles. The number of benzene rings is 2. The molecule has 0 radical (unpaired) electrons. The van der Waals surface area contributed by atoms with Gasteiger partial charge >= 0.3 is 0 Å². The number of carbonyl (C=O) groups excluding carboxylic acids is 1. The molecule has 1 heterocycles. The molecule has 0 aliphatic carbocycles. The Bertz CT molecular complexity index is 698. The van der Waals surface area contributed by atoms with Crippen LogP contribution in [0.3, 0.4) is 0 Å². The third kappa shape index (κ3) is 2.18. The van der Waals surface area contributed by atoms with Crippen molar-refractivity contribution in [3.05, 3.63) is 65.7 Å². The maximum Gasteiger partial charge on any atom is 0.253 e. The Labute approximate surface area is 114 Å². The molecule has 5 heteroatoms. The van der Waals surface area contributed by atoms with Crippen LogP contribution in [0.25, 0.3) is 0 Å². The van der Waals surface area contributed by atoms with E-state index in [2.05, 4.69) is 5.10 Å². The minimum atomic E-state index is -0.809. The second-order valence-electron chi connectivity index (χ2n) is 4.39. The van der Waals surface area contributed by atoms with Gasteiger partial charge in [0.05, 0.1) is 12.1 Å². The van der Waals surface area contributed by atoms with Crippen LogP contribution in [0.1, 0.15) is 12.0 Å². The van der Waals surface area contributed by atoms with E-state index >= 15 is 0 Å². The van der Waals surface area contributed by atoms with E-state index in [1.165, 1.54) is 6.07 Å². The molecule has 3 rings (SSSR count). The number of hydrogen-bond donors (Lipinski definition) is 0. The number of anilines is 1. The third-order valence-electron chi connectivity index (χ3n) is 3.02. The van der Waals surface area contributed by atoms with Gasteiger partial charge in [0.25, 0.3) is 5.91 Å². The molecule has 100 valence electrons. The fourth-order valence-electron chi connectivity index (χ4n) is 2.06. The predicted molar refractivity (Wildman–Crippen MR) is 71.4 cm³/mol. The number of rotatable bonds is 2. The minimum Gasteiger partial charge on any atom is -0.272 e. The average Bonchev–Trinajstić information content (AvgIpc) is 2.82. The van der Waals surface area contributed by atoms with Gasteiger partial charge in [-0.25, -0.2) is 8.78 Å². The van der Waals surface area contributed by atoms with Gasteiger partial charge in [0.2, 0.25) is 0 Å². The summed E-state index contributed by atoms with van der Waals surface area (Å²) >= 11 is 0. The van der Waals surface area contributed by atoms with Crippen molar-refractivity contribution in [3.8, 4) is 0 Å². The normalized spacial score (nSPS) is 14.6. The Balaban J connectivity index is 1.98. The highest BCUT2D eigenvalue weighted by Gasteiger charge is 2.27. The molecule has 0 saturated heterocycles. The van der Waals surface area contributed by atoms with Crippen LogP contribution in [-0.2, 0) is 4.79 Å². The number of amides is 1. The van der Waals surface area contributed by atoms with Crippen molar-refractivity contribution in [1.29, 1.82) is 0 Å². The number of hydrogen-bond acceptors (Lipinski definition) is 2. The Hall–Kier alpha value is -2.56. The van der Waals surface area contributed by atoms with E-state index in [0.29, 0.717) is 5.71 Å². The fourth-order valence-corrected chi connectivity index (χ4v) is 2.06.